The standard InChI is InChI=1S/C7H6N4O/c8-7(9)4-1-2-5-6(3-4)11-12-10-5/h1-3H,(H3,8,9). The van der Waals surface area contributed by atoms with Crippen LogP contribution in [0.4, 0.5) is 0 Å². The van der Waals surface area contributed by atoms with Gasteiger partial charge >= 0.3 is 0 Å². The Morgan fingerprint density at radius 2 is 2.08 bits per heavy atom. The third-order valence-corrected chi connectivity index (χ3v) is 1.56. The van der Waals surface area contributed by atoms with Crippen LogP contribution in [0.5, 0.6) is 0 Å². The van der Waals surface area contributed by atoms with Crippen molar-refractivity contribution in [3.05, 3.63) is 23.8 Å². The van der Waals surface area contributed by atoms with Gasteiger partial charge in [-0.3, -0.25) is 5.41 Å². The molecule has 2 rings (SSSR count). The van der Waals surface area contributed by atoms with Gasteiger partial charge in [0.25, 0.3) is 0 Å². The third kappa shape index (κ3) is 0.914. The first-order chi connectivity index (χ1) is 5.77. The molecule has 5 heteroatoms. The summed E-state index contributed by atoms with van der Waals surface area (Å²) in [5, 5.41) is 14.4. The number of amidine groups is 1. The van der Waals surface area contributed by atoms with Crippen molar-refractivity contribution in [3.8, 4) is 0 Å². The molecule has 12 heavy (non-hydrogen) atoms. The highest BCUT2D eigenvalue weighted by Crippen LogP contribution is 2.10. The molecule has 0 fully saturated rings. The predicted molar refractivity (Wildman–Crippen MR) is 42.8 cm³/mol. The smallest absolute Gasteiger partial charge is 0.135 e. The molecule has 0 saturated carbocycles. The topological polar surface area (TPSA) is 88.8 Å². The van der Waals surface area contributed by atoms with Gasteiger partial charge in [-0.05, 0) is 28.5 Å². The zero-order valence-electron chi connectivity index (χ0n) is 6.11. The minimum absolute atomic E-state index is 0.0138. The van der Waals surface area contributed by atoms with Crippen LogP contribution in [-0.2, 0) is 0 Å². The summed E-state index contributed by atoms with van der Waals surface area (Å²) in [6.07, 6.45) is 0. The molecule has 0 saturated heterocycles. The summed E-state index contributed by atoms with van der Waals surface area (Å²) in [4.78, 5) is 0. The van der Waals surface area contributed by atoms with E-state index in [1.54, 1.807) is 18.2 Å². The SMILES string of the molecule is N=C(N)c1ccc2nonc2c1. The van der Waals surface area contributed by atoms with Gasteiger partial charge in [0.15, 0.2) is 0 Å². The Bertz CT molecular complexity index is 434. The van der Waals surface area contributed by atoms with E-state index in [0.717, 1.165) is 0 Å². The molecule has 0 bridgehead atoms. The molecule has 5 nitrogen and oxygen atoms in total. The van der Waals surface area contributed by atoms with Gasteiger partial charge in [-0.15, -0.1) is 0 Å². The molecule has 1 heterocycles. The number of hydrogen-bond acceptors (Lipinski definition) is 4. The molecule has 0 radical (unpaired) electrons. The average Bonchev–Trinajstić information content (AvgIpc) is 2.49. The number of fused-ring (bicyclic) bond motifs is 1. The highest BCUT2D eigenvalue weighted by molar-refractivity contribution is 5.97. The number of hydrogen-bond donors (Lipinski definition) is 2. The van der Waals surface area contributed by atoms with Gasteiger partial charge < -0.3 is 5.73 Å². The number of nitrogens with one attached hydrogen (secondary N) is 1. The van der Waals surface area contributed by atoms with E-state index in [9.17, 15) is 0 Å². The number of nitrogens with two attached hydrogens (primary N) is 1. The molecule has 0 unspecified atom stereocenters. The van der Waals surface area contributed by atoms with Crippen molar-refractivity contribution in [2.75, 3.05) is 0 Å². The molecule has 0 aliphatic rings. The lowest BCUT2D eigenvalue weighted by atomic mass is 10.2. The van der Waals surface area contributed by atoms with Gasteiger partial charge in [-0.25, -0.2) is 4.63 Å². The van der Waals surface area contributed by atoms with Gasteiger partial charge in [0.2, 0.25) is 0 Å². The first kappa shape index (κ1) is 6.78. The third-order valence-electron chi connectivity index (χ3n) is 1.56. The molecule has 0 atom stereocenters. The second-order valence-electron chi connectivity index (χ2n) is 2.38. The van der Waals surface area contributed by atoms with Crippen LogP contribution in [0, 0.1) is 5.41 Å². The maximum Gasteiger partial charge on any atom is 0.135 e. The lowest BCUT2D eigenvalue weighted by Gasteiger charge is -1.94. The second-order valence-corrected chi connectivity index (χ2v) is 2.38. The zero-order chi connectivity index (χ0) is 8.55. The Hall–Kier alpha value is -1.91. The fourth-order valence-corrected chi connectivity index (χ4v) is 0.950. The van der Waals surface area contributed by atoms with E-state index in [2.05, 4.69) is 14.9 Å². The Morgan fingerprint density at radius 3 is 2.83 bits per heavy atom. The fraction of sp³-hybridized carbons (Fsp3) is 0. The minimum atomic E-state index is 0.0138. The highest BCUT2D eigenvalue weighted by atomic mass is 16.6. The monoisotopic (exact) mass is 162 g/mol. The molecule has 0 amide bonds. The number of aromatic nitrogens is 2. The van der Waals surface area contributed by atoms with Crippen molar-refractivity contribution in [1.82, 2.24) is 10.3 Å². The molecule has 60 valence electrons. The van der Waals surface area contributed by atoms with Gasteiger partial charge in [0.1, 0.15) is 16.9 Å². The molecule has 0 aliphatic heterocycles. The van der Waals surface area contributed by atoms with E-state index in [1.807, 2.05) is 0 Å². The number of nitrogens with zero attached hydrogens (tertiary/aromatic N) is 2. The van der Waals surface area contributed by atoms with Crippen molar-refractivity contribution in [3.63, 3.8) is 0 Å². The van der Waals surface area contributed by atoms with E-state index >= 15 is 0 Å². The van der Waals surface area contributed by atoms with Crippen molar-refractivity contribution < 1.29 is 4.63 Å². The van der Waals surface area contributed by atoms with Crippen LogP contribution < -0.4 is 5.73 Å². The van der Waals surface area contributed by atoms with Crippen LogP contribution in [0.3, 0.4) is 0 Å². The minimum Gasteiger partial charge on any atom is -0.384 e. The normalized spacial score (nSPS) is 10.3. The maximum atomic E-state index is 7.16. The Labute approximate surface area is 67.6 Å². The van der Waals surface area contributed by atoms with Crippen LogP contribution in [0.15, 0.2) is 22.8 Å². The summed E-state index contributed by atoms with van der Waals surface area (Å²) in [5.41, 5.74) is 7.18. The van der Waals surface area contributed by atoms with Crippen molar-refractivity contribution in [2.45, 2.75) is 0 Å². The average molecular weight is 162 g/mol. The largest absolute Gasteiger partial charge is 0.384 e. The van der Waals surface area contributed by atoms with E-state index in [4.69, 9.17) is 11.1 Å². The molecule has 1 aromatic heterocycles. The lowest BCUT2D eigenvalue weighted by molar-refractivity contribution is 0.315. The number of nitrogen functional groups attached to an aromatic ring is 1. The summed E-state index contributed by atoms with van der Waals surface area (Å²) in [5.74, 6) is 0.0138. The van der Waals surface area contributed by atoms with Crippen molar-refractivity contribution >= 4 is 16.9 Å². The maximum absolute atomic E-state index is 7.16. The van der Waals surface area contributed by atoms with E-state index in [-0.39, 0.29) is 5.84 Å². The first-order valence-corrected chi connectivity index (χ1v) is 3.34. The summed E-state index contributed by atoms with van der Waals surface area (Å²) < 4.78 is 4.49. The lowest BCUT2D eigenvalue weighted by Crippen LogP contribution is -2.10. The molecule has 2 aromatic rings. The Morgan fingerprint density at radius 1 is 1.33 bits per heavy atom. The molecular formula is C7H6N4O. The Kier molecular flexibility index (Phi) is 1.30. The fourth-order valence-electron chi connectivity index (χ4n) is 0.950. The van der Waals surface area contributed by atoms with Crippen molar-refractivity contribution in [2.24, 2.45) is 5.73 Å². The van der Waals surface area contributed by atoms with Crippen LogP contribution in [-0.4, -0.2) is 16.1 Å². The summed E-state index contributed by atoms with van der Waals surface area (Å²) in [6, 6.07) is 5.08. The number of rotatable bonds is 1. The van der Waals surface area contributed by atoms with Gasteiger partial charge in [0, 0.05) is 5.56 Å². The summed E-state index contributed by atoms with van der Waals surface area (Å²) >= 11 is 0. The highest BCUT2D eigenvalue weighted by Gasteiger charge is 2.02. The van der Waals surface area contributed by atoms with Crippen LogP contribution in [0.25, 0.3) is 11.0 Å². The first-order valence-electron chi connectivity index (χ1n) is 3.34. The summed E-state index contributed by atoms with van der Waals surface area (Å²) in [6.45, 7) is 0. The predicted octanol–water partition coefficient (Wildman–Crippen LogP) is 0.507. The number of benzene rings is 1. The molecule has 3 N–H and O–H groups in total. The molecule has 0 spiro atoms. The zero-order valence-corrected chi connectivity index (χ0v) is 6.11. The van der Waals surface area contributed by atoms with Gasteiger partial charge in [-0.1, -0.05) is 0 Å². The Balaban J connectivity index is 2.68. The van der Waals surface area contributed by atoms with E-state index in [0.29, 0.717) is 16.6 Å². The van der Waals surface area contributed by atoms with Gasteiger partial charge in [0.05, 0.1) is 0 Å². The van der Waals surface area contributed by atoms with Crippen LogP contribution in [0.2, 0.25) is 0 Å². The van der Waals surface area contributed by atoms with E-state index < -0.39 is 0 Å². The quantitative estimate of drug-likeness (QED) is 0.472. The van der Waals surface area contributed by atoms with Crippen LogP contribution in [0.1, 0.15) is 5.56 Å². The van der Waals surface area contributed by atoms with E-state index in [1.165, 1.54) is 0 Å². The second kappa shape index (κ2) is 2.30. The molecule has 1 aromatic carbocycles. The van der Waals surface area contributed by atoms with Crippen molar-refractivity contribution in [1.29, 1.82) is 5.41 Å². The summed E-state index contributed by atoms with van der Waals surface area (Å²) in [7, 11) is 0. The molecule has 0 aliphatic carbocycles. The van der Waals surface area contributed by atoms with Crippen LogP contribution >= 0.6 is 0 Å². The van der Waals surface area contributed by atoms with Gasteiger partial charge in [-0.2, -0.15) is 0 Å². The molecular weight excluding hydrogens is 156 g/mol.